The summed E-state index contributed by atoms with van der Waals surface area (Å²) >= 11 is 0. The van der Waals surface area contributed by atoms with Gasteiger partial charge in [-0.2, -0.15) is 0 Å². The highest BCUT2D eigenvalue weighted by Gasteiger charge is 2.14. The van der Waals surface area contributed by atoms with Gasteiger partial charge in [-0.25, -0.2) is 13.8 Å². The number of nitrogens with zero attached hydrogens (tertiary/aromatic N) is 2. The predicted octanol–water partition coefficient (Wildman–Crippen LogP) is 2.85. The molecule has 2 rings (SSSR count). The van der Waals surface area contributed by atoms with Gasteiger partial charge in [-0.15, -0.1) is 0 Å². The Labute approximate surface area is 117 Å². The normalized spacial score (nSPS) is 10.6. The van der Waals surface area contributed by atoms with Crippen LogP contribution in [0.1, 0.15) is 18.1 Å². The van der Waals surface area contributed by atoms with E-state index in [1.165, 1.54) is 0 Å². The molecule has 0 saturated heterocycles. The Balaban J connectivity index is 2.29. The maximum absolute atomic E-state index is 13.8. The van der Waals surface area contributed by atoms with Crippen molar-refractivity contribution in [2.24, 2.45) is 5.73 Å². The molecule has 5 heteroatoms. The topological polar surface area (TPSA) is 42.1 Å². The van der Waals surface area contributed by atoms with Crippen LogP contribution in [0.3, 0.4) is 0 Å². The first-order valence-electron chi connectivity index (χ1n) is 6.48. The van der Waals surface area contributed by atoms with Crippen LogP contribution in [0.5, 0.6) is 0 Å². The summed E-state index contributed by atoms with van der Waals surface area (Å²) in [7, 11) is 0. The van der Waals surface area contributed by atoms with Crippen molar-refractivity contribution in [3.05, 3.63) is 59.3 Å². The van der Waals surface area contributed by atoms with Crippen LogP contribution in [0, 0.1) is 11.6 Å². The van der Waals surface area contributed by atoms with Gasteiger partial charge in [0.15, 0.2) is 11.6 Å². The maximum Gasteiger partial charge on any atom is 0.168 e. The van der Waals surface area contributed by atoms with Crippen LogP contribution in [0.2, 0.25) is 0 Å². The minimum atomic E-state index is -0.676. The number of halogens is 2. The molecule has 0 atom stereocenters. The zero-order chi connectivity index (χ0) is 14.5. The molecule has 0 spiro atoms. The van der Waals surface area contributed by atoms with Crippen LogP contribution in [0.25, 0.3) is 0 Å². The molecule has 0 saturated carbocycles. The van der Waals surface area contributed by atoms with E-state index in [2.05, 4.69) is 4.98 Å². The number of benzene rings is 1. The second-order valence-electron chi connectivity index (χ2n) is 4.45. The third-order valence-corrected chi connectivity index (χ3v) is 3.17. The van der Waals surface area contributed by atoms with Crippen molar-refractivity contribution >= 4 is 5.82 Å². The van der Waals surface area contributed by atoms with Gasteiger partial charge in [0.25, 0.3) is 0 Å². The van der Waals surface area contributed by atoms with Crippen LogP contribution in [-0.2, 0) is 13.1 Å². The van der Waals surface area contributed by atoms with Gasteiger partial charge >= 0.3 is 0 Å². The van der Waals surface area contributed by atoms with Crippen LogP contribution >= 0.6 is 0 Å². The molecule has 106 valence electrons. The van der Waals surface area contributed by atoms with Crippen molar-refractivity contribution in [2.75, 3.05) is 11.4 Å². The summed E-state index contributed by atoms with van der Waals surface area (Å²) in [5, 5.41) is 0. The van der Waals surface area contributed by atoms with Crippen molar-refractivity contribution in [2.45, 2.75) is 20.0 Å². The van der Waals surface area contributed by atoms with Crippen molar-refractivity contribution in [3.63, 3.8) is 0 Å². The predicted molar refractivity (Wildman–Crippen MR) is 75.2 cm³/mol. The van der Waals surface area contributed by atoms with Gasteiger partial charge in [0.1, 0.15) is 5.82 Å². The fraction of sp³-hybridized carbons (Fsp3) is 0.267. The summed E-state index contributed by atoms with van der Waals surface area (Å²) in [4.78, 5) is 5.60. The summed E-state index contributed by atoms with van der Waals surface area (Å²) in [6.07, 6.45) is 1.02. The summed E-state index contributed by atoms with van der Waals surface area (Å²) in [5.41, 5.74) is 7.72. The molecular formula is C15H17F2N3. The number of nitrogens with two attached hydrogens (primary N) is 1. The molecule has 0 unspecified atom stereocenters. The summed E-state index contributed by atoms with van der Waals surface area (Å²) in [6, 6.07) is 8.57. The zero-order valence-electron chi connectivity index (χ0n) is 11.3. The van der Waals surface area contributed by atoms with E-state index in [0.717, 1.165) is 23.4 Å². The van der Waals surface area contributed by atoms with Crippen molar-refractivity contribution < 1.29 is 8.78 Å². The molecule has 0 fully saturated rings. The minimum Gasteiger partial charge on any atom is -0.350 e. The first-order valence-corrected chi connectivity index (χ1v) is 6.48. The van der Waals surface area contributed by atoms with Crippen molar-refractivity contribution in [3.8, 4) is 0 Å². The first kappa shape index (κ1) is 14.4. The van der Waals surface area contributed by atoms with Crippen LogP contribution < -0.4 is 10.6 Å². The number of anilines is 1. The SMILES string of the molecule is CCN(Cc1ccccc1CN)c1ncc(F)cc1F. The molecule has 0 amide bonds. The Bertz CT molecular complexity index is 587. The van der Waals surface area contributed by atoms with E-state index in [4.69, 9.17) is 5.73 Å². The van der Waals surface area contributed by atoms with E-state index < -0.39 is 11.6 Å². The van der Waals surface area contributed by atoms with Gasteiger partial charge in [0.05, 0.1) is 6.20 Å². The monoisotopic (exact) mass is 277 g/mol. The van der Waals surface area contributed by atoms with Gasteiger partial charge in [-0.05, 0) is 18.1 Å². The van der Waals surface area contributed by atoms with Crippen LogP contribution in [0.4, 0.5) is 14.6 Å². The van der Waals surface area contributed by atoms with E-state index in [1.54, 1.807) is 4.90 Å². The lowest BCUT2D eigenvalue weighted by atomic mass is 10.1. The highest BCUT2D eigenvalue weighted by molar-refractivity contribution is 5.42. The molecule has 1 heterocycles. The molecule has 1 aromatic carbocycles. The number of rotatable bonds is 5. The Kier molecular flexibility index (Phi) is 4.63. The Morgan fingerprint density at radius 2 is 1.90 bits per heavy atom. The number of hydrogen-bond acceptors (Lipinski definition) is 3. The smallest absolute Gasteiger partial charge is 0.168 e. The largest absolute Gasteiger partial charge is 0.350 e. The molecule has 3 nitrogen and oxygen atoms in total. The average molecular weight is 277 g/mol. The van der Waals surface area contributed by atoms with E-state index in [9.17, 15) is 8.78 Å². The van der Waals surface area contributed by atoms with Gasteiger partial charge in [0.2, 0.25) is 0 Å². The molecule has 2 N–H and O–H groups in total. The second kappa shape index (κ2) is 6.43. The highest BCUT2D eigenvalue weighted by atomic mass is 19.1. The van der Waals surface area contributed by atoms with E-state index in [1.807, 2.05) is 31.2 Å². The maximum atomic E-state index is 13.8. The second-order valence-corrected chi connectivity index (χ2v) is 4.45. The quantitative estimate of drug-likeness (QED) is 0.913. The van der Waals surface area contributed by atoms with Crippen LogP contribution in [0.15, 0.2) is 36.5 Å². The molecule has 0 aliphatic rings. The fourth-order valence-electron chi connectivity index (χ4n) is 2.09. The van der Waals surface area contributed by atoms with E-state index >= 15 is 0 Å². The molecule has 1 aromatic heterocycles. The third kappa shape index (κ3) is 3.11. The molecule has 20 heavy (non-hydrogen) atoms. The van der Waals surface area contributed by atoms with E-state index in [-0.39, 0.29) is 5.82 Å². The molecule has 0 aliphatic heterocycles. The first-order chi connectivity index (χ1) is 9.65. The van der Waals surface area contributed by atoms with Crippen molar-refractivity contribution in [1.29, 1.82) is 0 Å². The standard InChI is InChI=1S/C15H17F2N3/c1-2-20(15-14(17)7-13(16)9-19-15)10-12-6-4-3-5-11(12)8-18/h3-7,9H,2,8,10,18H2,1H3. The van der Waals surface area contributed by atoms with Gasteiger partial charge < -0.3 is 10.6 Å². The Hall–Kier alpha value is -2.01. The summed E-state index contributed by atoms with van der Waals surface area (Å²) in [6.45, 7) is 3.37. The molecule has 0 radical (unpaired) electrons. The number of pyridine rings is 1. The van der Waals surface area contributed by atoms with E-state index in [0.29, 0.717) is 19.6 Å². The van der Waals surface area contributed by atoms with Crippen LogP contribution in [-0.4, -0.2) is 11.5 Å². The lowest BCUT2D eigenvalue weighted by Gasteiger charge is -2.23. The highest BCUT2D eigenvalue weighted by Crippen LogP contribution is 2.20. The Morgan fingerprint density at radius 3 is 2.50 bits per heavy atom. The summed E-state index contributed by atoms with van der Waals surface area (Å²) < 4.78 is 26.7. The van der Waals surface area contributed by atoms with Crippen molar-refractivity contribution in [1.82, 2.24) is 4.98 Å². The lowest BCUT2D eigenvalue weighted by molar-refractivity contribution is 0.567. The fourth-order valence-corrected chi connectivity index (χ4v) is 2.09. The summed E-state index contributed by atoms with van der Waals surface area (Å²) in [5.74, 6) is -1.18. The lowest BCUT2D eigenvalue weighted by Crippen LogP contribution is -2.25. The molecule has 2 aromatic rings. The third-order valence-electron chi connectivity index (χ3n) is 3.17. The zero-order valence-corrected chi connectivity index (χ0v) is 11.3. The minimum absolute atomic E-state index is 0.153. The number of aromatic nitrogens is 1. The van der Waals surface area contributed by atoms with Gasteiger partial charge in [-0.1, -0.05) is 24.3 Å². The molecular weight excluding hydrogens is 260 g/mol. The van der Waals surface area contributed by atoms with Gasteiger partial charge in [0, 0.05) is 25.7 Å². The Morgan fingerprint density at radius 1 is 1.20 bits per heavy atom. The average Bonchev–Trinajstić information content (AvgIpc) is 2.46. The number of hydrogen-bond donors (Lipinski definition) is 1. The van der Waals surface area contributed by atoms with Gasteiger partial charge in [-0.3, -0.25) is 0 Å². The molecule has 0 aliphatic carbocycles. The molecule has 0 bridgehead atoms.